The number of amides is 3. The number of nitrogens with one attached hydrogen (secondary N) is 2. The number of hydrogen-bond acceptors (Lipinski definition) is 5. The first-order chi connectivity index (χ1) is 15.8. The lowest BCUT2D eigenvalue weighted by Crippen LogP contribution is -2.47. The highest BCUT2D eigenvalue weighted by Gasteiger charge is 2.31. The van der Waals surface area contributed by atoms with E-state index in [1.165, 1.54) is 11.0 Å². The van der Waals surface area contributed by atoms with Crippen LogP contribution in [0.3, 0.4) is 0 Å². The summed E-state index contributed by atoms with van der Waals surface area (Å²) in [6.45, 7) is 0. The number of anilines is 2. The fraction of sp³-hybridized carbons (Fsp3) is 0.0870. The summed E-state index contributed by atoms with van der Waals surface area (Å²) >= 11 is 0. The molecule has 0 saturated heterocycles. The van der Waals surface area contributed by atoms with Gasteiger partial charge >= 0.3 is 11.7 Å². The summed E-state index contributed by atoms with van der Waals surface area (Å²) < 4.78 is 13.6. The molecule has 1 aliphatic heterocycles. The third kappa shape index (κ3) is 4.40. The number of halogens is 1. The van der Waals surface area contributed by atoms with E-state index in [9.17, 15) is 24.1 Å². The minimum absolute atomic E-state index is 0.00873. The van der Waals surface area contributed by atoms with Crippen LogP contribution in [0.2, 0.25) is 0 Å². The third-order valence-electron chi connectivity index (χ3n) is 5.06. The highest BCUT2D eigenvalue weighted by atomic mass is 19.1. The number of nitro groups is 1. The number of nitrogens with zero attached hydrogens (tertiary/aromatic N) is 3. The second-order valence-electron chi connectivity index (χ2n) is 7.18. The molecule has 0 aliphatic carbocycles. The van der Waals surface area contributed by atoms with Gasteiger partial charge in [-0.2, -0.15) is 4.39 Å². The van der Waals surface area contributed by atoms with E-state index in [-0.39, 0.29) is 5.69 Å². The summed E-state index contributed by atoms with van der Waals surface area (Å²) in [6, 6.07) is 18.6. The molecule has 9 nitrogen and oxygen atoms in total. The normalized spacial score (nSPS) is 15.2. The molecule has 0 radical (unpaired) electrons. The standard InChI is InChI=1S/C23H18FN5O4/c1-28-18-10-6-5-9-16(18)20(14-7-3-2-4-8-14)26-21(22(28)30)27-23(31)25-15-11-12-17(24)19(13-15)29(32)33/h2-13,21H,1H3,(H2,25,27,31)/t21-/m0/s1. The minimum atomic E-state index is -1.27. The Hall–Kier alpha value is -4.60. The lowest BCUT2D eigenvalue weighted by molar-refractivity contribution is -0.387. The van der Waals surface area contributed by atoms with E-state index in [4.69, 9.17) is 0 Å². The molecule has 33 heavy (non-hydrogen) atoms. The Morgan fingerprint density at radius 2 is 1.79 bits per heavy atom. The van der Waals surface area contributed by atoms with Crippen LogP contribution < -0.4 is 15.5 Å². The molecule has 0 bridgehead atoms. The number of benzene rings is 3. The zero-order valence-electron chi connectivity index (χ0n) is 17.4. The fourth-order valence-electron chi connectivity index (χ4n) is 3.46. The van der Waals surface area contributed by atoms with Crippen molar-refractivity contribution in [2.45, 2.75) is 6.17 Å². The van der Waals surface area contributed by atoms with Crippen LogP contribution in [0.4, 0.5) is 26.2 Å². The predicted molar refractivity (Wildman–Crippen MR) is 121 cm³/mol. The molecular formula is C23H18FN5O4. The quantitative estimate of drug-likeness (QED) is 0.468. The predicted octanol–water partition coefficient (Wildman–Crippen LogP) is 3.70. The fourth-order valence-corrected chi connectivity index (χ4v) is 3.46. The number of rotatable bonds is 4. The van der Waals surface area contributed by atoms with Crippen molar-refractivity contribution in [3.63, 3.8) is 0 Å². The van der Waals surface area contributed by atoms with Crippen molar-refractivity contribution in [1.82, 2.24) is 5.32 Å². The van der Waals surface area contributed by atoms with Crippen molar-refractivity contribution in [3.05, 3.63) is 99.9 Å². The zero-order valence-corrected chi connectivity index (χ0v) is 17.4. The minimum Gasteiger partial charge on any atom is -0.311 e. The smallest absolute Gasteiger partial charge is 0.311 e. The highest BCUT2D eigenvalue weighted by molar-refractivity contribution is 6.20. The summed E-state index contributed by atoms with van der Waals surface area (Å²) in [5, 5.41) is 15.8. The molecule has 3 aromatic rings. The van der Waals surface area contributed by atoms with Gasteiger partial charge in [0.25, 0.3) is 5.91 Å². The molecule has 10 heteroatoms. The lowest BCUT2D eigenvalue weighted by Gasteiger charge is -2.21. The molecule has 4 rings (SSSR count). The molecule has 3 amide bonds. The van der Waals surface area contributed by atoms with E-state index in [0.29, 0.717) is 11.4 Å². The van der Waals surface area contributed by atoms with Gasteiger partial charge in [-0.15, -0.1) is 0 Å². The van der Waals surface area contributed by atoms with Gasteiger partial charge in [0.15, 0.2) is 0 Å². The number of benzodiazepines with no additional fused rings is 1. The van der Waals surface area contributed by atoms with Crippen LogP contribution in [0.5, 0.6) is 0 Å². The average molecular weight is 447 g/mol. The Balaban J connectivity index is 1.66. The molecule has 3 aromatic carbocycles. The van der Waals surface area contributed by atoms with Crippen LogP contribution in [0.15, 0.2) is 77.8 Å². The van der Waals surface area contributed by atoms with Crippen LogP contribution in [0, 0.1) is 15.9 Å². The number of carbonyl (C=O) groups is 2. The molecule has 0 saturated carbocycles. The average Bonchev–Trinajstić information content (AvgIpc) is 2.91. The van der Waals surface area contributed by atoms with Crippen molar-refractivity contribution in [1.29, 1.82) is 0 Å². The second-order valence-corrected chi connectivity index (χ2v) is 7.18. The van der Waals surface area contributed by atoms with Crippen LogP contribution in [0.1, 0.15) is 11.1 Å². The Morgan fingerprint density at radius 3 is 2.52 bits per heavy atom. The van der Waals surface area contributed by atoms with Crippen LogP contribution in [0.25, 0.3) is 0 Å². The summed E-state index contributed by atoms with van der Waals surface area (Å²) in [5.74, 6) is -1.50. The van der Waals surface area contributed by atoms with Crippen molar-refractivity contribution in [3.8, 4) is 0 Å². The monoisotopic (exact) mass is 447 g/mol. The van der Waals surface area contributed by atoms with Gasteiger partial charge in [0.2, 0.25) is 12.0 Å². The molecule has 2 N–H and O–H groups in total. The van der Waals surface area contributed by atoms with E-state index < -0.39 is 34.5 Å². The van der Waals surface area contributed by atoms with E-state index >= 15 is 0 Å². The maximum absolute atomic E-state index is 13.6. The molecule has 1 aliphatic rings. The van der Waals surface area contributed by atoms with Gasteiger partial charge in [0.05, 0.1) is 16.3 Å². The molecule has 0 unspecified atom stereocenters. The largest absolute Gasteiger partial charge is 0.321 e. The van der Waals surface area contributed by atoms with Gasteiger partial charge in [-0.25, -0.2) is 9.79 Å². The summed E-state index contributed by atoms with van der Waals surface area (Å²) in [4.78, 5) is 41.7. The number of urea groups is 1. The Morgan fingerprint density at radius 1 is 1.09 bits per heavy atom. The van der Waals surface area contributed by atoms with Gasteiger partial charge in [-0.1, -0.05) is 48.5 Å². The number of aliphatic imine (C=N–C) groups is 1. The van der Waals surface area contributed by atoms with Gasteiger partial charge in [-0.05, 0) is 18.2 Å². The molecule has 0 fully saturated rings. The van der Waals surface area contributed by atoms with Crippen molar-refractivity contribution >= 4 is 34.7 Å². The van der Waals surface area contributed by atoms with Gasteiger partial charge in [0, 0.05) is 29.9 Å². The van der Waals surface area contributed by atoms with Gasteiger partial charge in [0.1, 0.15) is 0 Å². The summed E-state index contributed by atoms with van der Waals surface area (Å²) in [5.41, 5.74) is 1.84. The topological polar surface area (TPSA) is 117 Å². The number of fused-ring (bicyclic) bond motifs is 1. The van der Waals surface area contributed by atoms with Crippen molar-refractivity contribution < 1.29 is 18.9 Å². The molecule has 0 spiro atoms. The molecular weight excluding hydrogens is 429 g/mol. The van der Waals surface area contributed by atoms with Crippen molar-refractivity contribution in [2.24, 2.45) is 4.99 Å². The summed E-state index contributed by atoms with van der Waals surface area (Å²) in [7, 11) is 1.58. The number of hydrogen-bond donors (Lipinski definition) is 2. The maximum Gasteiger partial charge on any atom is 0.321 e. The van der Waals surface area contributed by atoms with Crippen LogP contribution in [-0.4, -0.2) is 35.8 Å². The van der Waals surface area contributed by atoms with E-state index in [1.54, 1.807) is 19.2 Å². The number of para-hydroxylation sites is 1. The second kappa shape index (κ2) is 8.87. The molecule has 1 heterocycles. The zero-order chi connectivity index (χ0) is 23.5. The maximum atomic E-state index is 13.6. The molecule has 166 valence electrons. The first kappa shape index (κ1) is 21.6. The number of carbonyl (C=O) groups excluding carboxylic acids is 2. The first-order valence-corrected chi connectivity index (χ1v) is 9.87. The number of likely N-dealkylation sites (N-methyl/N-ethyl adjacent to an activating group) is 1. The molecule has 0 aromatic heterocycles. The van der Waals surface area contributed by atoms with Gasteiger partial charge < -0.3 is 15.5 Å². The SMILES string of the molecule is CN1C(=O)[C@H](NC(=O)Nc2ccc(F)c([N+](=O)[O-])c2)N=C(c2ccccc2)c2ccccc21. The first-order valence-electron chi connectivity index (χ1n) is 9.87. The van der Waals surface area contributed by atoms with Crippen LogP contribution >= 0.6 is 0 Å². The Bertz CT molecular complexity index is 1280. The molecule has 1 atom stereocenters. The van der Waals surface area contributed by atoms with E-state index in [0.717, 1.165) is 23.3 Å². The third-order valence-corrected chi connectivity index (χ3v) is 5.06. The van der Waals surface area contributed by atoms with E-state index in [2.05, 4.69) is 15.6 Å². The highest BCUT2D eigenvalue weighted by Crippen LogP contribution is 2.27. The van der Waals surface area contributed by atoms with Crippen LogP contribution in [-0.2, 0) is 4.79 Å². The lowest BCUT2D eigenvalue weighted by atomic mass is 10.0. The Kier molecular flexibility index (Phi) is 5.81. The van der Waals surface area contributed by atoms with E-state index in [1.807, 2.05) is 42.5 Å². The van der Waals surface area contributed by atoms with Crippen molar-refractivity contribution in [2.75, 3.05) is 17.3 Å². The summed E-state index contributed by atoms with van der Waals surface area (Å²) in [6.07, 6.45) is -1.27. The Labute approximate surface area is 187 Å². The van der Waals surface area contributed by atoms with Gasteiger partial charge in [-0.3, -0.25) is 14.9 Å². The number of nitro benzene ring substituents is 1.